The molecule has 0 saturated heterocycles. The van der Waals surface area contributed by atoms with Crippen molar-refractivity contribution in [2.24, 2.45) is 0 Å². The average molecular weight is 322 g/mol. The van der Waals surface area contributed by atoms with Gasteiger partial charge >= 0.3 is 0 Å². The van der Waals surface area contributed by atoms with Gasteiger partial charge in [0.25, 0.3) is 0 Å². The lowest BCUT2D eigenvalue weighted by molar-refractivity contribution is 0.243. The van der Waals surface area contributed by atoms with Crippen molar-refractivity contribution in [1.29, 1.82) is 0 Å². The van der Waals surface area contributed by atoms with Crippen LogP contribution in [0.3, 0.4) is 0 Å². The van der Waals surface area contributed by atoms with Crippen LogP contribution >= 0.6 is 0 Å². The Morgan fingerprint density at radius 2 is 1.74 bits per heavy atom. The Balaban J connectivity index is 2.16. The number of aromatic nitrogens is 1. The third-order valence-corrected chi connectivity index (χ3v) is 4.06. The maximum absolute atomic E-state index is 9.55. The number of unbranched alkanes of at least 4 members (excludes halogenated alkanes) is 7. The lowest BCUT2D eigenvalue weighted by Gasteiger charge is -2.16. The largest absolute Gasteiger partial charge is 0.478 e. The van der Waals surface area contributed by atoms with Crippen LogP contribution < -0.4 is 10.1 Å². The quantitative estimate of drug-likeness (QED) is 0.503. The molecule has 4 nitrogen and oxygen atoms in total. The highest BCUT2D eigenvalue weighted by Crippen LogP contribution is 2.15. The third kappa shape index (κ3) is 8.92. The standard InChI is InChI=1S/C19H34N2O2/c1-3-5-6-7-8-9-10-11-14-20-18(16-22)17-12-13-19(21-15-17)23-4-2/h12-13,15,18,20,22H,3-11,14,16H2,1-2H3/t18-/m0/s1. The maximum atomic E-state index is 9.55. The highest BCUT2D eigenvalue weighted by atomic mass is 16.5. The van der Waals surface area contributed by atoms with E-state index in [1.54, 1.807) is 6.20 Å². The molecule has 1 aromatic heterocycles. The number of ether oxygens (including phenoxy) is 1. The fourth-order valence-electron chi connectivity index (χ4n) is 2.65. The summed E-state index contributed by atoms with van der Waals surface area (Å²) >= 11 is 0. The van der Waals surface area contributed by atoms with E-state index in [1.165, 1.54) is 44.9 Å². The highest BCUT2D eigenvalue weighted by Gasteiger charge is 2.10. The van der Waals surface area contributed by atoms with E-state index < -0.39 is 0 Å². The van der Waals surface area contributed by atoms with E-state index in [1.807, 2.05) is 19.1 Å². The molecule has 132 valence electrons. The van der Waals surface area contributed by atoms with Crippen LogP contribution in [0.5, 0.6) is 5.88 Å². The number of nitrogens with zero attached hydrogens (tertiary/aromatic N) is 1. The highest BCUT2D eigenvalue weighted by molar-refractivity contribution is 5.20. The van der Waals surface area contributed by atoms with Gasteiger partial charge in [0.15, 0.2) is 0 Å². The van der Waals surface area contributed by atoms with Gasteiger partial charge in [-0.3, -0.25) is 0 Å². The van der Waals surface area contributed by atoms with Crippen molar-refractivity contribution in [2.75, 3.05) is 19.8 Å². The summed E-state index contributed by atoms with van der Waals surface area (Å²) in [6.45, 7) is 5.84. The zero-order valence-corrected chi connectivity index (χ0v) is 14.9. The summed E-state index contributed by atoms with van der Waals surface area (Å²) in [5.41, 5.74) is 1.01. The molecule has 0 fully saturated rings. The molecule has 0 spiro atoms. The number of rotatable bonds is 14. The normalized spacial score (nSPS) is 12.3. The summed E-state index contributed by atoms with van der Waals surface area (Å²) in [5.74, 6) is 0.635. The lowest BCUT2D eigenvalue weighted by atomic mass is 10.1. The molecule has 0 saturated carbocycles. The SMILES string of the molecule is CCCCCCCCCCN[C@@H](CO)c1ccc(OCC)nc1. The fourth-order valence-corrected chi connectivity index (χ4v) is 2.65. The van der Waals surface area contributed by atoms with Crippen LogP contribution in [0.4, 0.5) is 0 Å². The Morgan fingerprint density at radius 1 is 1.04 bits per heavy atom. The van der Waals surface area contributed by atoms with E-state index in [9.17, 15) is 5.11 Å². The van der Waals surface area contributed by atoms with Gasteiger partial charge in [0.1, 0.15) is 0 Å². The maximum Gasteiger partial charge on any atom is 0.213 e. The van der Waals surface area contributed by atoms with Gasteiger partial charge < -0.3 is 15.2 Å². The molecule has 0 aliphatic heterocycles. The summed E-state index contributed by atoms with van der Waals surface area (Å²) < 4.78 is 5.34. The minimum atomic E-state index is -0.0391. The van der Waals surface area contributed by atoms with Crippen LogP contribution in [0.1, 0.15) is 76.8 Å². The number of nitrogens with one attached hydrogen (secondary N) is 1. The van der Waals surface area contributed by atoms with Gasteiger partial charge in [-0.1, -0.05) is 57.9 Å². The monoisotopic (exact) mass is 322 g/mol. The molecule has 0 radical (unpaired) electrons. The molecule has 0 bridgehead atoms. The van der Waals surface area contributed by atoms with Crippen LogP contribution in [0.25, 0.3) is 0 Å². The Kier molecular flexibility index (Phi) is 11.5. The van der Waals surface area contributed by atoms with Crippen LogP contribution in [0, 0.1) is 0 Å². The molecule has 2 N–H and O–H groups in total. The van der Waals surface area contributed by atoms with Crippen molar-refractivity contribution < 1.29 is 9.84 Å². The minimum Gasteiger partial charge on any atom is -0.478 e. The molecule has 23 heavy (non-hydrogen) atoms. The van der Waals surface area contributed by atoms with Gasteiger partial charge in [-0.05, 0) is 25.5 Å². The van der Waals surface area contributed by atoms with Crippen LogP contribution in [0.2, 0.25) is 0 Å². The van der Waals surface area contributed by atoms with E-state index in [0.717, 1.165) is 18.5 Å². The van der Waals surface area contributed by atoms with Crippen LogP contribution in [0.15, 0.2) is 18.3 Å². The van der Waals surface area contributed by atoms with Gasteiger partial charge in [-0.25, -0.2) is 4.98 Å². The van der Waals surface area contributed by atoms with Crippen molar-refractivity contribution in [3.8, 4) is 5.88 Å². The fraction of sp³-hybridized carbons (Fsp3) is 0.737. The number of aliphatic hydroxyl groups excluding tert-OH is 1. The molecule has 1 heterocycles. The predicted molar refractivity (Wildman–Crippen MR) is 95.8 cm³/mol. The smallest absolute Gasteiger partial charge is 0.213 e. The summed E-state index contributed by atoms with van der Waals surface area (Å²) in [6.07, 6.45) is 12.3. The van der Waals surface area contributed by atoms with Crippen molar-refractivity contribution in [2.45, 2.75) is 71.3 Å². The molecule has 0 aliphatic rings. The van der Waals surface area contributed by atoms with Crippen molar-refractivity contribution in [3.63, 3.8) is 0 Å². The first kappa shape index (κ1) is 19.9. The molecule has 1 rings (SSSR count). The molecular formula is C19H34N2O2. The Bertz CT molecular complexity index is 381. The number of hydrogen-bond donors (Lipinski definition) is 2. The summed E-state index contributed by atoms with van der Waals surface area (Å²) in [6, 6.07) is 3.79. The van der Waals surface area contributed by atoms with E-state index in [-0.39, 0.29) is 12.6 Å². The lowest BCUT2D eigenvalue weighted by Crippen LogP contribution is -2.25. The predicted octanol–water partition coefficient (Wildman–Crippen LogP) is 4.24. The van der Waals surface area contributed by atoms with Gasteiger partial charge in [-0.15, -0.1) is 0 Å². The molecule has 4 heteroatoms. The molecule has 0 aromatic carbocycles. The van der Waals surface area contributed by atoms with E-state index in [2.05, 4.69) is 17.2 Å². The number of aliphatic hydroxyl groups is 1. The van der Waals surface area contributed by atoms with Crippen molar-refractivity contribution in [1.82, 2.24) is 10.3 Å². The summed E-state index contributed by atoms with van der Waals surface area (Å²) in [5, 5.41) is 13.0. The van der Waals surface area contributed by atoms with Crippen molar-refractivity contribution in [3.05, 3.63) is 23.9 Å². The zero-order valence-electron chi connectivity index (χ0n) is 14.9. The summed E-state index contributed by atoms with van der Waals surface area (Å²) in [7, 11) is 0. The average Bonchev–Trinajstić information content (AvgIpc) is 2.58. The third-order valence-electron chi connectivity index (χ3n) is 4.06. The molecule has 0 aliphatic carbocycles. The minimum absolute atomic E-state index is 0.0391. The Labute approximate surface area is 141 Å². The topological polar surface area (TPSA) is 54.4 Å². The van der Waals surface area contributed by atoms with Gasteiger partial charge in [0, 0.05) is 12.3 Å². The zero-order chi connectivity index (χ0) is 16.8. The van der Waals surface area contributed by atoms with Crippen molar-refractivity contribution >= 4 is 0 Å². The Morgan fingerprint density at radius 3 is 2.30 bits per heavy atom. The molecule has 0 amide bonds. The van der Waals surface area contributed by atoms with Gasteiger partial charge in [0.2, 0.25) is 5.88 Å². The molecule has 1 aromatic rings. The number of hydrogen-bond acceptors (Lipinski definition) is 4. The van der Waals surface area contributed by atoms with Gasteiger partial charge in [-0.2, -0.15) is 0 Å². The second-order valence-corrected chi connectivity index (χ2v) is 6.03. The van der Waals surface area contributed by atoms with Crippen LogP contribution in [-0.4, -0.2) is 29.8 Å². The molecule has 1 atom stereocenters. The van der Waals surface area contributed by atoms with E-state index in [0.29, 0.717) is 12.5 Å². The van der Waals surface area contributed by atoms with Gasteiger partial charge in [0.05, 0.1) is 19.3 Å². The second-order valence-electron chi connectivity index (χ2n) is 6.03. The second kappa shape index (κ2) is 13.3. The van der Waals surface area contributed by atoms with E-state index in [4.69, 9.17) is 4.74 Å². The summed E-state index contributed by atoms with van der Waals surface area (Å²) in [4.78, 5) is 4.26. The molecular weight excluding hydrogens is 288 g/mol. The first-order valence-corrected chi connectivity index (χ1v) is 9.24. The first-order chi connectivity index (χ1) is 11.3. The Hall–Kier alpha value is -1.13. The van der Waals surface area contributed by atoms with E-state index >= 15 is 0 Å². The molecule has 0 unspecified atom stereocenters. The first-order valence-electron chi connectivity index (χ1n) is 9.24. The van der Waals surface area contributed by atoms with Crippen LogP contribution in [-0.2, 0) is 0 Å². The number of pyridine rings is 1.